The van der Waals surface area contributed by atoms with Gasteiger partial charge in [-0.25, -0.2) is 0 Å². The fourth-order valence-electron chi connectivity index (χ4n) is 1.41. The fraction of sp³-hybridized carbons (Fsp3) is 1.00. The van der Waals surface area contributed by atoms with Crippen LogP contribution in [-0.2, 0) is 0 Å². The van der Waals surface area contributed by atoms with Crippen LogP contribution in [0.15, 0.2) is 0 Å². The van der Waals surface area contributed by atoms with E-state index in [9.17, 15) is 0 Å². The van der Waals surface area contributed by atoms with Gasteiger partial charge in [-0.05, 0) is 19.7 Å². The molecule has 0 radical (unpaired) electrons. The van der Waals surface area contributed by atoms with E-state index in [0.29, 0.717) is 12.6 Å². The van der Waals surface area contributed by atoms with Gasteiger partial charge in [0.1, 0.15) is 0 Å². The predicted octanol–water partition coefficient (Wildman–Crippen LogP) is 0.414. The third-order valence-corrected chi connectivity index (χ3v) is 3.20. The van der Waals surface area contributed by atoms with Crippen molar-refractivity contribution in [1.29, 1.82) is 0 Å². The quantitative estimate of drug-likeness (QED) is 0.635. The third-order valence-electron chi connectivity index (χ3n) is 2.19. The number of rotatable bonds is 2. The lowest BCUT2D eigenvalue weighted by atomic mass is 10.2. The van der Waals surface area contributed by atoms with Crippen molar-refractivity contribution in [3.05, 3.63) is 0 Å². The highest BCUT2D eigenvalue weighted by atomic mass is 32.2. The highest BCUT2D eigenvalue weighted by Gasteiger charge is 2.27. The second-order valence-corrected chi connectivity index (χ2v) is 4.01. The normalized spacial score (nSPS) is 35.1. The number of aliphatic hydroxyl groups excluding tert-OH is 1. The highest BCUT2D eigenvalue weighted by molar-refractivity contribution is 7.99. The molecule has 2 atom stereocenters. The second kappa shape index (κ2) is 3.60. The van der Waals surface area contributed by atoms with Crippen molar-refractivity contribution in [1.82, 2.24) is 4.90 Å². The van der Waals surface area contributed by atoms with Crippen LogP contribution in [0.1, 0.15) is 6.42 Å². The van der Waals surface area contributed by atoms with Crippen LogP contribution in [0.4, 0.5) is 0 Å². The first-order valence-electron chi connectivity index (χ1n) is 3.61. The Morgan fingerprint density at radius 1 is 1.70 bits per heavy atom. The summed E-state index contributed by atoms with van der Waals surface area (Å²) in [6.07, 6.45) is 3.28. The van der Waals surface area contributed by atoms with Crippen molar-refractivity contribution in [2.45, 2.75) is 17.7 Å². The van der Waals surface area contributed by atoms with E-state index in [4.69, 9.17) is 5.11 Å². The van der Waals surface area contributed by atoms with Crippen LogP contribution in [0, 0.1) is 0 Å². The Bertz CT molecular complexity index is 110. The average Bonchev–Trinajstić information content (AvgIpc) is 2.30. The van der Waals surface area contributed by atoms with Crippen molar-refractivity contribution in [3.63, 3.8) is 0 Å². The Kier molecular flexibility index (Phi) is 3.01. The summed E-state index contributed by atoms with van der Waals surface area (Å²) < 4.78 is 0. The highest BCUT2D eigenvalue weighted by Crippen LogP contribution is 2.23. The first-order chi connectivity index (χ1) is 4.77. The number of hydrogen-bond donors (Lipinski definition) is 1. The number of hydrogen-bond acceptors (Lipinski definition) is 3. The molecule has 1 aliphatic heterocycles. The Morgan fingerprint density at radius 2 is 2.40 bits per heavy atom. The molecule has 1 N–H and O–H groups in total. The molecule has 0 aliphatic carbocycles. The zero-order valence-electron chi connectivity index (χ0n) is 6.58. The Labute approximate surface area is 66.6 Å². The van der Waals surface area contributed by atoms with Gasteiger partial charge in [-0.1, -0.05) is 0 Å². The topological polar surface area (TPSA) is 23.5 Å². The summed E-state index contributed by atoms with van der Waals surface area (Å²) in [5.74, 6) is 0. The lowest BCUT2D eigenvalue weighted by molar-refractivity contribution is 0.182. The average molecular weight is 161 g/mol. The van der Waals surface area contributed by atoms with E-state index < -0.39 is 0 Å². The first-order valence-corrected chi connectivity index (χ1v) is 4.90. The van der Waals surface area contributed by atoms with Crippen molar-refractivity contribution >= 4 is 11.8 Å². The van der Waals surface area contributed by atoms with Gasteiger partial charge >= 0.3 is 0 Å². The molecule has 0 bridgehead atoms. The number of aliphatic hydroxyl groups is 1. The number of likely N-dealkylation sites (N-methyl/N-ethyl adjacent to an activating group) is 1. The van der Waals surface area contributed by atoms with E-state index in [1.54, 1.807) is 0 Å². The Balaban J connectivity index is 2.36. The molecule has 0 unspecified atom stereocenters. The van der Waals surface area contributed by atoms with Gasteiger partial charge in [-0.3, -0.25) is 4.90 Å². The second-order valence-electron chi connectivity index (χ2n) is 2.87. The molecule has 0 aromatic rings. The van der Waals surface area contributed by atoms with E-state index in [0.717, 1.165) is 18.2 Å². The lowest BCUT2D eigenvalue weighted by Gasteiger charge is -2.15. The standard InChI is InChI=1S/C7H15NOS/c1-8-4-7(10-2)3-6(8)5-9/h6-7,9H,3-5H2,1-2H3/t6-,7-/m0/s1. The summed E-state index contributed by atoms with van der Waals surface area (Å²) in [4.78, 5) is 2.24. The summed E-state index contributed by atoms with van der Waals surface area (Å²) in [5.41, 5.74) is 0. The largest absolute Gasteiger partial charge is 0.395 e. The fourth-order valence-corrected chi connectivity index (χ4v) is 2.21. The Hall–Kier alpha value is 0.270. The molecule has 60 valence electrons. The minimum atomic E-state index is 0.313. The van der Waals surface area contributed by atoms with Gasteiger partial charge in [0, 0.05) is 17.8 Å². The van der Waals surface area contributed by atoms with Gasteiger partial charge in [0.05, 0.1) is 6.61 Å². The minimum Gasteiger partial charge on any atom is -0.395 e. The van der Waals surface area contributed by atoms with Gasteiger partial charge in [-0.2, -0.15) is 11.8 Å². The molecular formula is C7H15NOS. The number of likely N-dealkylation sites (tertiary alicyclic amines) is 1. The molecule has 1 fully saturated rings. The number of thioether (sulfide) groups is 1. The molecule has 1 rings (SSSR count). The molecule has 0 saturated carbocycles. The molecule has 10 heavy (non-hydrogen) atoms. The molecule has 0 aromatic heterocycles. The molecule has 1 heterocycles. The minimum absolute atomic E-state index is 0.313. The third kappa shape index (κ3) is 1.65. The summed E-state index contributed by atoms with van der Waals surface area (Å²) >= 11 is 1.90. The molecule has 1 aliphatic rings. The van der Waals surface area contributed by atoms with Crippen molar-refractivity contribution in [2.75, 3.05) is 26.5 Å². The molecule has 0 aromatic carbocycles. The van der Waals surface area contributed by atoms with Crippen LogP contribution in [-0.4, -0.2) is 47.8 Å². The van der Waals surface area contributed by atoms with Crippen LogP contribution in [0.5, 0.6) is 0 Å². The molecule has 3 heteroatoms. The van der Waals surface area contributed by atoms with Crippen LogP contribution < -0.4 is 0 Å². The lowest BCUT2D eigenvalue weighted by Crippen LogP contribution is -2.27. The van der Waals surface area contributed by atoms with E-state index in [1.807, 2.05) is 11.8 Å². The predicted molar refractivity (Wildman–Crippen MR) is 45.4 cm³/mol. The molecule has 1 saturated heterocycles. The van der Waals surface area contributed by atoms with Crippen LogP contribution in [0.2, 0.25) is 0 Å². The monoisotopic (exact) mass is 161 g/mol. The number of nitrogens with zero attached hydrogens (tertiary/aromatic N) is 1. The zero-order chi connectivity index (χ0) is 7.56. The van der Waals surface area contributed by atoms with Crippen LogP contribution in [0.3, 0.4) is 0 Å². The van der Waals surface area contributed by atoms with Gasteiger partial charge in [0.15, 0.2) is 0 Å². The maximum atomic E-state index is 8.90. The zero-order valence-corrected chi connectivity index (χ0v) is 7.40. The molecule has 0 spiro atoms. The Morgan fingerprint density at radius 3 is 2.70 bits per heavy atom. The van der Waals surface area contributed by atoms with E-state index >= 15 is 0 Å². The van der Waals surface area contributed by atoms with E-state index in [1.165, 1.54) is 0 Å². The van der Waals surface area contributed by atoms with Crippen LogP contribution >= 0.6 is 11.8 Å². The van der Waals surface area contributed by atoms with E-state index in [2.05, 4.69) is 18.2 Å². The van der Waals surface area contributed by atoms with Crippen molar-refractivity contribution < 1.29 is 5.11 Å². The van der Waals surface area contributed by atoms with Gasteiger partial charge in [0.25, 0.3) is 0 Å². The van der Waals surface area contributed by atoms with Gasteiger partial charge < -0.3 is 5.11 Å². The summed E-state index contributed by atoms with van der Waals surface area (Å²) in [6, 6.07) is 0.414. The van der Waals surface area contributed by atoms with Gasteiger partial charge in [-0.15, -0.1) is 0 Å². The smallest absolute Gasteiger partial charge is 0.0587 e. The van der Waals surface area contributed by atoms with E-state index in [-0.39, 0.29) is 0 Å². The summed E-state index contributed by atoms with van der Waals surface area (Å²) in [7, 11) is 2.08. The molecule has 0 amide bonds. The maximum Gasteiger partial charge on any atom is 0.0587 e. The first kappa shape index (κ1) is 8.37. The SMILES string of the molecule is CS[C@H]1C[C@@H](CO)N(C)C1. The maximum absolute atomic E-state index is 8.90. The van der Waals surface area contributed by atoms with Crippen molar-refractivity contribution in [3.8, 4) is 0 Å². The summed E-state index contributed by atoms with van der Waals surface area (Å²) in [6.45, 7) is 1.44. The van der Waals surface area contributed by atoms with Crippen LogP contribution in [0.25, 0.3) is 0 Å². The van der Waals surface area contributed by atoms with Crippen molar-refractivity contribution in [2.24, 2.45) is 0 Å². The molecular weight excluding hydrogens is 146 g/mol. The molecule has 2 nitrogen and oxygen atoms in total. The summed E-state index contributed by atoms with van der Waals surface area (Å²) in [5, 5.41) is 9.64. The van der Waals surface area contributed by atoms with Gasteiger partial charge in [0.2, 0.25) is 0 Å².